The average Bonchev–Trinajstić information content (AvgIpc) is 2.85. The van der Waals surface area contributed by atoms with Crippen LogP contribution in [0.4, 0.5) is 13.2 Å². The van der Waals surface area contributed by atoms with E-state index in [9.17, 15) is 13.2 Å². The van der Waals surface area contributed by atoms with Crippen LogP contribution in [0.2, 0.25) is 0 Å². The first-order valence-electron chi connectivity index (χ1n) is 11.6. The molecule has 3 aromatic carbocycles. The van der Waals surface area contributed by atoms with E-state index in [4.69, 9.17) is 4.74 Å². The molecule has 0 N–H and O–H groups in total. The van der Waals surface area contributed by atoms with Gasteiger partial charge in [0.15, 0.2) is 11.6 Å². The van der Waals surface area contributed by atoms with Crippen LogP contribution in [0, 0.1) is 17.5 Å². The van der Waals surface area contributed by atoms with E-state index in [0.717, 1.165) is 24.8 Å². The average molecular weight is 451 g/mol. The van der Waals surface area contributed by atoms with Crippen molar-refractivity contribution in [3.8, 4) is 22.3 Å². The Balaban J connectivity index is 1.53. The molecular weight excluding hydrogens is 421 g/mol. The third-order valence-corrected chi connectivity index (χ3v) is 6.53. The highest BCUT2D eigenvalue weighted by Crippen LogP contribution is 2.33. The maximum atomic E-state index is 15.0. The molecule has 0 amide bonds. The summed E-state index contributed by atoms with van der Waals surface area (Å²) in [6.45, 7) is 4.59. The number of rotatable bonds is 6. The number of allylic oxidation sites excluding steroid dienone is 2. The van der Waals surface area contributed by atoms with Crippen molar-refractivity contribution in [3.05, 3.63) is 95.3 Å². The van der Waals surface area contributed by atoms with Gasteiger partial charge in [0.25, 0.3) is 0 Å². The summed E-state index contributed by atoms with van der Waals surface area (Å²) < 4.78 is 49.9. The fourth-order valence-electron chi connectivity index (χ4n) is 4.45. The first kappa shape index (κ1) is 23.3. The van der Waals surface area contributed by atoms with Gasteiger partial charge >= 0.3 is 0 Å². The van der Waals surface area contributed by atoms with Gasteiger partial charge in [0, 0.05) is 17.0 Å². The van der Waals surface area contributed by atoms with Crippen molar-refractivity contribution in [1.29, 1.82) is 0 Å². The van der Waals surface area contributed by atoms with Gasteiger partial charge in [-0.2, -0.15) is 0 Å². The molecule has 0 aromatic heterocycles. The molecule has 1 aliphatic rings. The minimum Gasteiger partial charge on any atom is -0.378 e. The summed E-state index contributed by atoms with van der Waals surface area (Å²) in [5.41, 5.74) is 3.21. The lowest BCUT2D eigenvalue weighted by Crippen LogP contribution is -2.24. The van der Waals surface area contributed by atoms with Crippen molar-refractivity contribution in [2.75, 3.05) is 6.61 Å². The van der Waals surface area contributed by atoms with E-state index in [2.05, 4.69) is 6.92 Å². The number of benzene rings is 3. The molecule has 1 saturated heterocycles. The molecule has 0 bridgehead atoms. The Morgan fingerprint density at radius 3 is 2.18 bits per heavy atom. The summed E-state index contributed by atoms with van der Waals surface area (Å²) in [5.74, 6) is -1.76. The Kier molecular flexibility index (Phi) is 7.34. The molecule has 2 atom stereocenters. The van der Waals surface area contributed by atoms with Crippen LogP contribution in [0.15, 0.2) is 66.7 Å². The molecule has 33 heavy (non-hydrogen) atoms. The lowest BCUT2D eigenvalue weighted by atomic mass is 9.89. The number of hydrogen-bond donors (Lipinski definition) is 0. The lowest BCUT2D eigenvalue weighted by Gasteiger charge is -2.28. The number of halogens is 3. The molecule has 1 fully saturated rings. The summed E-state index contributed by atoms with van der Waals surface area (Å²) in [4.78, 5) is 0. The van der Waals surface area contributed by atoms with Crippen molar-refractivity contribution in [2.45, 2.75) is 51.6 Å². The van der Waals surface area contributed by atoms with E-state index in [0.29, 0.717) is 41.4 Å². The standard InChI is InChI=1S/C29H29F3O/c1-3-5-6-21-12-16-26(29(32)28(21)31)20-9-7-19(8-10-20)25-15-13-22(17-27(25)30)23-11-14-24(4-2)33-18-23/h3,5,7-10,12-13,15-17,23-24H,4,6,11,14,18H2,1-2H3. The smallest absolute Gasteiger partial charge is 0.166 e. The van der Waals surface area contributed by atoms with Crippen LogP contribution in [0.5, 0.6) is 0 Å². The summed E-state index contributed by atoms with van der Waals surface area (Å²) in [6.07, 6.45) is 7.26. The normalized spacial score (nSPS) is 18.7. The molecule has 0 spiro atoms. The van der Waals surface area contributed by atoms with Gasteiger partial charge in [0.2, 0.25) is 0 Å². The number of hydrogen-bond acceptors (Lipinski definition) is 1. The van der Waals surface area contributed by atoms with Crippen LogP contribution in [-0.4, -0.2) is 12.7 Å². The molecule has 1 nitrogen and oxygen atoms in total. The van der Waals surface area contributed by atoms with Crippen molar-refractivity contribution < 1.29 is 17.9 Å². The van der Waals surface area contributed by atoms with Gasteiger partial charge < -0.3 is 4.74 Å². The molecule has 0 radical (unpaired) electrons. The van der Waals surface area contributed by atoms with Gasteiger partial charge in [-0.05, 0) is 60.9 Å². The molecular formula is C29H29F3O. The molecule has 4 heteroatoms. The van der Waals surface area contributed by atoms with Crippen molar-refractivity contribution in [2.24, 2.45) is 0 Å². The fourth-order valence-corrected chi connectivity index (χ4v) is 4.45. The van der Waals surface area contributed by atoms with Gasteiger partial charge in [-0.15, -0.1) is 0 Å². The van der Waals surface area contributed by atoms with Gasteiger partial charge in [-0.25, -0.2) is 13.2 Å². The third-order valence-electron chi connectivity index (χ3n) is 6.53. The second kappa shape index (κ2) is 10.4. The van der Waals surface area contributed by atoms with E-state index in [-0.39, 0.29) is 17.3 Å². The Bertz CT molecular complexity index is 1130. The van der Waals surface area contributed by atoms with Crippen molar-refractivity contribution >= 4 is 0 Å². The largest absolute Gasteiger partial charge is 0.378 e. The van der Waals surface area contributed by atoms with Crippen LogP contribution < -0.4 is 0 Å². The van der Waals surface area contributed by atoms with Gasteiger partial charge in [-0.3, -0.25) is 0 Å². The Morgan fingerprint density at radius 1 is 0.879 bits per heavy atom. The lowest BCUT2D eigenvalue weighted by molar-refractivity contribution is 0.00199. The second-order valence-electron chi connectivity index (χ2n) is 8.63. The summed E-state index contributed by atoms with van der Waals surface area (Å²) >= 11 is 0. The number of ether oxygens (including phenoxy) is 1. The maximum Gasteiger partial charge on any atom is 0.166 e. The highest BCUT2D eigenvalue weighted by molar-refractivity contribution is 5.71. The van der Waals surface area contributed by atoms with E-state index >= 15 is 0 Å². The minimum atomic E-state index is -0.861. The Labute approximate surface area is 193 Å². The summed E-state index contributed by atoms with van der Waals surface area (Å²) in [5, 5.41) is 0. The molecule has 1 heterocycles. The van der Waals surface area contributed by atoms with Gasteiger partial charge in [-0.1, -0.05) is 67.6 Å². The molecule has 4 rings (SSSR count). The Morgan fingerprint density at radius 2 is 1.58 bits per heavy atom. The first-order chi connectivity index (χ1) is 16.0. The van der Waals surface area contributed by atoms with Crippen LogP contribution in [0.1, 0.15) is 50.2 Å². The molecule has 0 saturated carbocycles. The predicted molar refractivity (Wildman–Crippen MR) is 128 cm³/mol. The van der Waals surface area contributed by atoms with E-state index < -0.39 is 11.6 Å². The third kappa shape index (κ3) is 5.06. The van der Waals surface area contributed by atoms with Gasteiger partial charge in [0.05, 0.1) is 12.7 Å². The highest BCUT2D eigenvalue weighted by atomic mass is 19.2. The first-order valence-corrected chi connectivity index (χ1v) is 11.6. The van der Waals surface area contributed by atoms with E-state index in [1.807, 2.05) is 13.0 Å². The quantitative estimate of drug-likeness (QED) is 0.344. The zero-order valence-corrected chi connectivity index (χ0v) is 19.1. The second-order valence-corrected chi connectivity index (χ2v) is 8.63. The van der Waals surface area contributed by atoms with Crippen LogP contribution in [-0.2, 0) is 11.2 Å². The van der Waals surface area contributed by atoms with Crippen LogP contribution >= 0.6 is 0 Å². The zero-order valence-electron chi connectivity index (χ0n) is 19.1. The van der Waals surface area contributed by atoms with E-state index in [1.165, 1.54) is 0 Å². The van der Waals surface area contributed by atoms with E-state index in [1.54, 1.807) is 60.7 Å². The van der Waals surface area contributed by atoms with Gasteiger partial charge in [0.1, 0.15) is 5.82 Å². The topological polar surface area (TPSA) is 9.23 Å². The molecule has 1 aliphatic heterocycles. The monoisotopic (exact) mass is 450 g/mol. The predicted octanol–water partition coefficient (Wildman–Crippen LogP) is 8.23. The summed E-state index contributed by atoms with van der Waals surface area (Å²) in [7, 11) is 0. The molecule has 3 aromatic rings. The van der Waals surface area contributed by atoms with Crippen LogP contribution in [0.3, 0.4) is 0 Å². The minimum absolute atomic E-state index is 0.196. The summed E-state index contributed by atoms with van der Waals surface area (Å²) in [6, 6.07) is 15.4. The van der Waals surface area contributed by atoms with Crippen LogP contribution in [0.25, 0.3) is 22.3 Å². The maximum absolute atomic E-state index is 15.0. The highest BCUT2D eigenvalue weighted by Gasteiger charge is 2.23. The molecule has 2 unspecified atom stereocenters. The van der Waals surface area contributed by atoms with Crippen molar-refractivity contribution in [3.63, 3.8) is 0 Å². The molecule has 172 valence electrons. The Hall–Kier alpha value is -2.85. The fraction of sp³-hybridized carbons (Fsp3) is 0.310. The SMILES string of the molecule is CC=CCc1ccc(-c2ccc(-c3ccc(C4CCC(CC)OC4)cc3F)cc2)c(F)c1F. The zero-order chi connectivity index (χ0) is 23.4. The van der Waals surface area contributed by atoms with Crippen molar-refractivity contribution in [1.82, 2.24) is 0 Å². The molecule has 0 aliphatic carbocycles.